The molecule has 0 unspecified atom stereocenters. The van der Waals surface area contributed by atoms with Gasteiger partial charge in [0.05, 0.1) is 13.0 Å². The zero-order valence-electron chi connectivity index (χ0n) is 11.3. The topological polar surface area (TPSA) is 46.2 Å². The van der Waals surface area contributed by atoms with Crippen molar-refractivity contribution in [2.24, 2.45) is 0 Å². The van der Waals surface area contributed by atoms with E-state index in [0.29, 0.717) is 11.1 Å². The van der Waals surface area contributed by atoms with E-state index in [2.05, 4.69) is 37.2 Å². The molecule has 3 rings (SSSR count). The maximum Gasteiger partial charge on any atom is 0.234 e. The van der Waals surface area contributed by atoms with Gasteiger partial charge in [0.15, 0.2) is 5.78 Å². The first kappa shape index (κ1) is 14.9. The fourth-order valence-electron chi connectivity index (χ4n) is 2.36. The predicted octanol–water partition coefficient (Wildman–Crippen LogP) is 4.73. The molecule has 3 nitrogen and oxygen atoms in total. The monoisotopic (exact) mass is 427 g/mol. The highest BCUT2D eigenvalue weighted by Crippen LogP contribution is 2.39. The molecule has 0 saturated carbocycles. The van der Waals surface area contributed by atoms with Gasteiger partial charge < -0.3 is 5.32 Å². The Balaban J connectivity index is 2.06. The molecule has 2 heterocycles. The average molecular weight is 429 g/mol. The van der Waals surface area contributed by atoms with E-state index in [4.69, 9.17) is 0 Å². The van der Waals surface area contributed by atoms with Crippen LogP contribution in [-0.2, 0) is 10.2 Å². The van der Waals surface area contributed by atoms with Crippen LogP contribution in [0.4, 0.5) is 5.69 Å². The number of carbonyl (C=O) groups excluding carboxylic acids is 2. The number of amides is 1. The highest BCUT2D eigenvalue weighted by atomic mass is 79.9. The zero-order chi connectivity index (χ0) is 15.4. The Morgan fingerprint density at radius 3 is 2.57 bits per heavy atom. The number of anilines is 1. The largest absolute Gasteiger partial charge is 0.325 e. The summed E-state index contributed by atoms with van der Waals surface area (Å²) in [5.74, 6) is -0.0941. The minimum absolute atomic E-state index is 0.0402. The number of hydrogen-bond donors (Lipinski definition) is 1. The van der Waals surface area contributed by atoms with Gasteiger partial charge in [-0.3, -0.25) is 9.59 Å². The third-order valence-corrected chi connectivity index (χ3v) is 6.01. The lowest BCUT2D eigenvalue weighted by Gasteiger charge is -2.15. The Kier molecular flexibility index (Phi) is 3.58. The summed E-state index contributed by atoms with van der Waals surface area (Å²) >= 11 is 8.26. The highest BCUT2D eigenvalue weighted by Gasteiger charge is 2.38. The number of fused-ring (bicyclic) bond motifs is 1. The van der Waals surface area contributed by atoms with Crippen molar-refractivity contribution in [1.82, 2.24) is 0 Å². The number of benzene rings is 1. The van der Waals surface area contributed by atoms with Gasteiger partial charge in [-0.05, 0) is 75.5 Å². The van der Waals surface area contributed by atoms with Crippen LogP contribution in [-0.4, -0.2) is 11.7 Å². The summed E-state index contributed by atoms with van der Waals surface area (Å²) in [6.07, 6.45) is 0. The maximum absolute atomic E-state index is 12.6. The Labute approximate surface area is 143 Å². The van der Waals surface area contributed by atoms with Crippen molar-refractivity contribution in [1.29, 1.82) is 0 Å². The molecule has 1 aromatic carbocycles. The average Bonchev–Trinajstić information content (AvgIpc) is 2.87. The number of thiophene rings is 1. The normalized spacial score (nSPS) is 15.7. The molecule has 0 atom stereocenters. The molecule has 0 bridgehead atoms. The summed E-state index contributed by atoms with van der Waals surface area (Å²) < 4.78 is 1.70. The second-order valence-electron chi connectivity index (χ2n) is 5.41. The Morgan fingerprint density at radius 2 is 1.95 bits per heavy atom. The van der Waals surface area contributed by atoms with Crippen molar-refractivity contribution in [3.05, 3.63) is 48.5 Å². The molecular formula is C15H11Br2NO2S. The van der Waals surface area contributed by atoms with Crippen LogP contribution in [0.15, 0.2) is 31.8 Å². The van der Waals surface area contributed by atoms with E-state index >= 15 is 0 Å². The zero-order valence-corrected chi connectivity index (χ0v) is 15.3. The predicted molar refractivity (Wildman–Crippen MR) is 91.2 cm³/mol. The number of hydrogen-bond acceptors (Lipinski definition) is 3. The summed E-state index contributed by atoms with van der Waals surface area (Å²) in [6, 6.07) is 7.16. The van der Waals surface area contributed by atoms with Gasteiger partial charge >= 0.3 is 0 Å². The van der Waals surface area contributed by atoms with E-state index in [-0.39, 0.29) is 11.7 Å². The lowest BCUT2D eigenvalue weighted by molar-refractivity contribution is -0.119. The third-order valence-electron chi connectivity index (χ3n) is 3.67. The summed E-state index contributed by atoms with van der Waals surface area (Å²) in [5.41, 5.74) is 2.25. The first-order valence-electron chi connectivity index (χ1n) is 6.26. The fourth-order valence-corrected chi connectivity index (χ4v) is 5.16. The summed E-state index contributed by atoms with van der Waals surface area (Å²) in [5, 5.41) is 2.84. The maximum atomic E-state index is 12.6. The second kappa shape index (κ2) is 5.04. The van der Waals surface area contributed by atoms with Crippen LogP contribution in [0.2, 0.25) is 0 Å². The molecule has 1 amide bonds. The van der Waals surface area contributed by atoms with Crippen molar-refractivity contribution >= 4 is 60.6 Å². The molecule has 0 fully saturated rings. The molecule has 6 heteroatoms. The number of nitrogens with one attached hydrogen (secondary N) is 1. The highest BCUT2D eigenvalue weighted by molar-refractivity contribution is 9.12. The summed E-state index contributed by atoms with van der Waals surface area (Å²) in [6.45, 7) is 3.72. The Morgan fingerprint density at radius 1 is 1.24 bits per heavy atom. The molecule has 1 aliphatic heterocycles. The summed E-state index contributed by atoms with van der Waals surface area (Å²) in [4.78, 5) is 24.6. The molecule has 0 saturated heterocycles. The lowest BCUT2D eigenvalue weighted by Crippen LogP contribution is -2.27. The quantitative estimate of drug-likeness (QED) is 0.702. The van der Waals surface area contributed by atoms with Crippen LogP contribution in [0.25, 0.3) is 0 Å². The number of halogens is 2. The van der Waals surface area contributed by atoms with E-state index in [0.717, 1.165) is 18.8 Å². The van der Waals surface area contributed by atoms with Gasteiger partial charge in [0.25, 0.3) is 0 Å². The van der Waals surface area contributed by atoms with Crippen molar-refractivity contribution in [2.75, 3.05) is 5.32 Å². The third kappa shape index (κ3) is 2.39. The van der Waals surface area contributed by atoms with Crippen LogP contribution in [0.5, 0.6) is 0 Å². The smallest absolute Gasteiger partial charge is 0.234 e. The molecule has 2 aromatic rings. The van der Waals surface area contributed by atoms with Crippen LogP contribution in [0, 0.1) is 0 Å². The number of rotatable bonds is 2. The molecule has 21 heavy (non-hydrogen) atoms. The van der Waals surface area contributed by atoms with Crippen LogP contribution in [0.1, 0.15) is 35.3 Å². The van der Waals surface area contributed by atoms with Gasteiger partial charge in [0, 0.05) is 16.8 Å². The molecular weight excluding hydrogens is 418 g/mol. The first-order valence-corrected chi connectivity index (χ1v) is 8.66. The number of ketones is 1. The van der Waals surface area contributed by atoms with Gasteiger partial charge in [-0.15, -0.1) is 11.3 Å². The van der Waals surface area contributed by atoms with E-state index in [1.165, 1.54) is 11.3 Å². The molecule has 0 radical (unpaired) electrons. The molecule has 1 aliphatic rings. The van der Waals surface area contributed by atoms with Gasteiger partial charge in [-0.25, -0.2) is 0 Å². The Hall–Kier alpha value is -0.980. The van der Waals surface area contributed by atoms with Crippen LogP contribution in [0.3, 0.4) is 0 Å². The van der Waals surface area contributed by atoms with Crippen molar-refractivity contribution in [3.63, 3.8) is 0 Å². The summed E-state index contributed by atoms with van der Waals surface area (Å²) in [7, 11) is 0. The van der Waals surface area contributed by atoms with Gasteiger partial charge in [-0.2, -0.15) is 0 Å². The van der Waals surface area contributed by atoms with E-state index in [1.54, 1.807) is 18.2 Å². The molecule has 0 aliphatic carbocycles. The molecule has 1 N–H and O–H groups in total. The van der Waals surface area contributed by atoms with E-state index in [9.17, 15) is 9.59 Å². The molecule has 108 valence electrons. The molecule has 0 spiro atoms. The minimum atomic E-state index is -0.613. The fraction of sp³-hybridized carbons (Fsp3) is 0.200. The van der Waals surface area contributed by atoms with Crippen LogP contribution >= 0.6 is 43.2 Å². The van der Waals surface area contributed by atoms with Gasteiger partial charge in [-0.1, -0.05) is 0 Å². The van der Waals surface area contributed by atoms with Crippen molar-refractivity contribution in [3.8, 4) is 0 Å². The SMILES string of the molecule is CC1(C)C(=O)Nc2ccc(C(=O)c3cc(Br)sc3Br)cc21. The standard InChI is InChI=1S/C15H11Br2NO2S/c1-15(2)9-5-7(3-4-10(9)18-14(15)20)12(19)8-6-11(16)21-13(8)17/h3-6H,1-2H3,(H,18,20). The minimum Gasteiger partial charge on any atom is -0.325 e. The molecule has 1 aromatic heterocycles. The van der Waals surface area contributed by atoms with Gasteiger partial charge in [0.1, 0.15) is 0 Å². The van der Waals surface area contributed by atoms with E-state index in [1.807, 2.05) is 19.9 Å². The Bertz CT molecular complexity index is 780. The first-order chi connectivity index (χ1) is 9.80. The van der Waals surface area contributed by atoms with E-state index < -0.39 is 5.41 Å². The lowest BCUT2D eigenvalue weighted by atomic mass is 9.85. The van der Waals surface area contributed by atoms with Crippen molar-refractivity contribution in [2.45, 2.75) is 19.3 Å². The van der Waals surface area contributed by atoms with Crippen LogP contribution < -0.4 is 5.32 Å². The second-order valence-corrected chi connectivity index (χ2v) is 9.16. The van der Waals surface area contributed by atoms with Gasteiger partial charge in [0.2, 0.25) is 5.91 Å². The van der Waals surface area contributed by atoms with Crippen molar-refractivity contribution < 1.29 is 9.59 Å². The number of carbonyl (C=O) groups is 2.